The molecule has 2 aromatic carbocycles. The van der Waals surface area contributed by atoms with Crippen LogP contribution >= 0.6 is 0 Å². The zero-order valence-corrected chi connectivity index (χ0v) is 16.8. The van der Waals surface area contributed by atoms with Crippen molar-refractivity contribution in [1.29, 1.82) is 0 Å². The summed E-state index contributed by atoms with van der Waals surface area (Å²) in [6.07, 6.45) is 2.67. The normalized spacial score (nSPS) is 11.4. The Labute approximate surface area is 165 Å². The number of rotatable bonds is 6. The van der Waals surface area contributed by atoms with Gasteiger partial charge in [0.1, 0.15) is 5.41 Å². The molecular weight excluding hydrogens is 350 g/mol. The Bertz CT molecular complexity index is 1020. The lowest BCUT2D eigenvalue weighted by Crippen LogP contribution is -2.45. The van der Waals surface area contributed by atoms with Crippen molar-refractivity contribution in [3.05, 3.63) is 65.4 Å². The van der Waals surface area contributed by atoms with Crippen LogP contribution in [0.3, 0.4) is 0 Å². The van der Waals surface area contributed by atoms with Crippen LogP contribution in [0.1, 0.15) is 30.5 Å². The van der Waals surface area contributed by atoms with E-state index in [9.17, 15) is 9.59 Å². The molecular formula is C23H27N3O2. The maximum Gasteiger partial charge on any atom is 0.239 e. The highest BCUT2D eigenvalue weighted by Gasteiger charge is 2.36. The Morgan fingerprint density at radius 2 is 1.79 bits per heavy atom. The number of nitrogens with one attached hydrogen (secondary N) is 3. The second kappa shape index (κ2) is 7.89. The number of aromatic amines is 1. The number of anilines is 1. The van der Waals surface area contributed by atoms with Gasteiger partial charge in [-0.3, -0.25) is 9.59 Å². The fraction of sp³-hybridized carbons (Fsp3) is 0.304. The third-order valence-electron chi connectivity index (χ3n) is 5.13. The van der Waals surface area contributed by atoms with Crippen LogP contribution in [0.25, 0.3) is 10.9 Å². The maximum atomic E-state index is 12.7. The minimum atomic E-state index is -1.17. The molecule has 3 N–H and O–H groups in total. The van der Waals surface area contributed by atoms with E-state index < -0.39 is 5.41 Å². The summed E-state index contributed by atoms with van der Waals surface area (Å²) in [5.74, 6) is -0.596. The molecule has 1 heterocycles. The molecule has 5 heteroatoms. The number of para-hydroxylation sites is 1. The summed E-state index contributed by atoms with van der Waals surface area (Å²) in [4.78, 5) is 28.6. The van der Waals surface area contributed by atoms with Gasteiger partial charge in [0.25, 0.3) is 0 Å². The van der Waals surface area contributed by atoms with Gasteiger partial charge in [-0.25, -0.2) is 0 Å². The van der Waals surface area contributed by atoms with Crippen LogP contribution in [0.5, 0.6) is 0 Å². The molecule has 0 unspecified atom stereocenters. The van der Waals surface area contributed by atoms with E-state index in [0.29, 0.717) is 13.0 Å². The summed E-state index contributed by atoms with van der Waals surface area (Å²) >= 11 is 0. The number of fused-ring (bicyclic) bond motifs is 1. The number of amides is 2. The number of carbonyl (C=O) groups is 2. The highest BCUT2D eigenvalue weighted by Crippen LogP contribution is 2.22. The van der Waals surface area contributed by atoms with Crippen molar-refractivity contribution >= 4 is 28.4 Å². The Morgan fingerprint density at radius 3 is 2.57 bits per heavy atom. The van der Waals surface area contributed by atoms with E-state index in [2.05, 4.69) is 21.7 Å². The zero-order chi connectivity index (χ0) is 20.3. The van der Waals surface area contributed by atoms with Gasteiger partial charge in [0.15, 0.2) is 0 Å². The highest BCUT2D eigenvalue weighted by molar-refractivity contribution is 6.10. The minimum absolute atomic E-state index is 0.282. The van der Waals surface area contributed by atoms with Gasteiger partial charge in [-0.2, -0.15) is 0 Å². The van der Waals surface area contributed by atoms with Crippen LogP contribution in [0.2, 0.25) is 0 Å². The molecule has 0 atom stereocenters. The van der Waals surface area contributed by atoms with Crippen molar-refractivity contribution in [3.8, 4) is 0 Å². The maximum absolute atomic E-state index is 12.7. The van der Waals surface area contributed by atoms with E-state index in [0.717, 1.165) is 33.3 Å². The largest absolute Gasteiger partial charge is 0.361 e. The fourth-order valence-electron chi connectivity index (χ4n) is 3.12. The SMILES string of the molecule is Cc1ccc(C)c(NC(=O)C(C)(C)C(=O)NCCc2c[nH]c3ccccc23)c1. The number of hydrogen-bond donors (Lipinski definition) is 3. The Hall–Kier alpha value is -3.08. The summed E-state index contributed by atoms with van der Waals surface area (Å²) in [6, 6.07) is 13.9. The fourth-order valence-corrected chi connectivity index (χ4v) is 3.12. The lowest BCUT2D eigenvalue weighted by atomic mass is 9.90. The quantitative estimate of drug-likeness (QED) is 0.566. The lowest BCUT2D eigenvalue weighted by Gasteiger charge is -2.23. The van der Waals surface area contributed by atoms with E-state index in [4.69, 9.17) is 0 Å². The molecule has 0 spiro atoms. The second-order valence-corrected chi connectivity index (χ2v) is 7.76. The molecule has 3 rings (SSSR count). The summed E-state index contributed by atoms with van der Waals surface area (Å²) in [5, 5.41) is 6.96. The van der Waals surface area contributed by atoms with E-state index in [1.165, 1.54) is 0 Å². The van der Waals surface area contributed by atoms with Crippen molar-refractivity contribution in [2.24, 2.45) is 5.41 Å². The molecule has 2 amide bonds. The number of carbonyl (C=O) groups excluding carboxylic acids is 2. The molecule has 146 valence electrons. The third kappa shape index (κ3) is 4.09. The van der Waals surface area contributed by atoms with Crippen LogP contribution in [-0.4, -0.2) is 23.3 Å². The van der Waals surface area contributed by atoms with Crippen LogP contribution in [-0.2, 0) is 16.0 Å². The first-order valence-electron chi connectivity index (χ1n) is 9.51. The molecule has 28 heavy (non-hydrogen) atoms. The highest BCUT2D eigenvalue weighted by atomic mass is 16.2. The molecule has 0 fully saturated rings. The number of H-pyrrole nitrogens is 1. The standard InChI is InChI=1S/C23H27N3O2/c1-15-9-10-16(2)20(13-15)26-22(28)23(3,4)21(27)24-12-11-17-14-25-19-8-6-5-7-18(17)19/h5-10,13-14,25H,11-12H2,1-4H3,(H,24,27)(H,26,28). The topological polar surface area (TPSA) is 74.0 Å². The number of aryl methyl sites for hydroxylation is 2. The molecule has 0 aliphatic carbocycles. The first kappa shape index (κ1) is 19.7. The van der Waals surface area contributed by atoms with Gasteiger partial charge in [-0.1, -0.05) is 30.3 Å². The number of benzene rings is 2. The predicted octanol–water partition coefficient (Wildman–Crippen LogP) is 4.11. The molecule has 0 saturated heterocycles. The van der Waals surface area contributed by atoms with Crippen LogP contribution in [0.15, 0.2) is 48.7 Å². The Balaban J connectivity index is 1.60. The summed E-state index contributed by atoms with van der Waals surface area (Å²) in [5.41, 5.74) is 3.82. The molecule has 0 aliphatic rings. The van der Waals surface area contributed by atoms with Crippen molar-refractivity contribution in [1.82, 2.24) is 10.3 Å². The van der Waals surface area contributed by atoms with Crippen LogP contribution in [0.4, 0.5) is 5.69 Å². The average Bonchev–Trinajstić information content (AvgIpc) is 3.07. The molecule has 5 nitrogen and oxygen atoms in total. The van der Waals surface area contributed by atoms with Crippen molar-refractivity contribution in [2.75, 3.05) is 11.9 Å². The van der Waals surface area contributed by atoms with Crippen molar-refractivity contribution in [2.45, 2.75) is 34.1 Å². The second-order valence-electron chi connectivity index (χ2n) is 7.76. The van der Waals surface area contributed by atoms with Gasteiger partial charge >= 0.3 is 0 Å². The molecule has 3 aromatic rings. The van der Waals surface area contributed by atoms with Gasteiger partial charge in [0, 0.05) is 29.3 Å². The van der Waals surface area contributed by atoms with E-state index in [-0.39, 0.29) is 11.8 Å². The van der Waals surface area contributed by atoms with E-state index in [1.54, 1.807) is 13.8 Å². The van der Waals surface area contributed by atoms with Gasteiger partial charge in [0.2, 0.25) is 11.8 Å². The lowest BCUT2D eigenvalue weighted by molar-refractivity contribution is -0.138. The zero-order valence-electron chi connectivity index (χ0n) is 16.8. The van der Waals surface area contributed by atoms with Crippen molar-refractivity contribution in [3.63, 3.8) is 0 Å². The molecule has 0 saturated carbocycles. The predicted molar refractivity (Wildman–Crippen MR) is 113 cm³/mol. The number of aromatic nitrogens is 1. The minimum Gasteiger partial charge on any atom is -0.361 e. The molecule has 0 bridgehead atoms. The summed E-state index contributed by atoms with van der Waals surface area (Å²) in [7, 11) is 0. The molecule has 0 aliphatic heterocycles. The van der Waals surface area contributed by atoms with Gasteiger partial charge in [-0.15, -0.1) is 0 Å². The van der Waals surface area contributed by atoms with Gasteiger partial charge < -0.3 is 15.6 Å². The van der Waals surface area contributed by atoms with Crippen molar-refractivity contribution < 1.29 is 9.59 Å². The number of hydrogen-bond acceptors (Lipinski definition) is 2. The van der Waals surface area contributed by atoms with E-state index >= 15 is 0 Å². The first-order valence-corrected chi connectivity index (χ1v) is 9.51. The first-order chi connectivity index (χ1) is 13.3. The smallest absolute Gasteiger partial charge is 0.239 e. The Morgan fingerprint density at radius 1 is 1.04 bits per heavy atom. The van der Waals surface area contributed by atoms with Gasteiger partial charge in [-0.05, 0) is 62.9 Å². The Kier molecular flexibility index (Phi) is 5.54. The third-order valence-corrected chi connectivity index (χ3v) is 5.13. The van der Waals surface area contributed by atoms with Crippen LogP contribution in [0, 0.1) is 19.3 Å². The monoisotopic (exact) mass is 377 g/mol. The van der Waals surface area contributed by atoms with Crippen LogP contribution < -0.4 is 10.6 Å². The average molecular weight is 377 g/mol. The molecule has 0 radical (unpaired) electrons. The summed E-state index contributed by atoms with van der Waals surface area (Å²) < 4.78 is 0. The molecule has 1 aromatic heterocycles. The summed E-state index contributed by atoms with van der Waals surface area (Å²) in [6.45, 7) is 7.67. The van der Waals surface area contributed by atoms with Gasteiger partial charge in [0.05, 0.1) is 0 Å². The van der Waals surface area contributed by atoms with E-state index in [1.807, 2.05) is 56.4 Å².